The first kappa shape index (κ1) is 14.4. The van der Waals surface area contributed by atoms with Gasteiger partial charge in [0.05, 0.1) is 33.0 Å². The lowest BCUT2D eigenvalue weighted by atomic mass is 10.5. The van der Waals surface area contributed by atoms with Gasteiger partial charge in [0.1, 0.15) is 12.2 Å². The van der Waals surface area contributed by atoms with Crippen molar-refractivity contribution in [3.63, 3.8) is 0 Å². The molecule has 0 aromatic rings. The van der Waals surface area contributed by atoms with E-state index in [9.17, 15) is 14.2 Å². The second-order valence-electron chi connectivity index (χ2n) is 4.01. The molecule has 3 amide bonds. The molecule has 0 aromatic heterocycles. The summed E-state index contributed by atoms with van der Waals surface area (Å²) in [5.41, 5.74) is 0. The zero-order chi connectivity index (χ0) is 13.7. The third kappa shape index (κ3) is 6.65. The molecule has 0 bridgehead atoms. The predicted molar refractivity (Wildman–Crippen MR) is 61.9 cm³/mol. The molecule has 0 aliphatic carbocycles. The van der Waals surface area contributed by atoms with Crippen LogP contribution in [0.25, 0.3) is 0 Å². The Kier molecular flexibility index (Phi) is 5.29. The van der Waals surface area contributed by atoms with Gasteiger partial charge in [0.2, 0.25) is 5.91 Å². The smallest absolute Gasteiger partial charge is 0.321 e. The molecule has 10 heteroatoms. The maximum atomic E-state index is 10.9. The molecule has 0 radical (unpaired) electrons. The summed E-state index contributed by atoms with van der Waals surface area (Å²) in [4.78, 5) is 20.1. The Morgan fingerprint density at radius 2 is 1.68 bits per heavy atom. The van der Waals surface area contributed by atoms with Crippen LogP contribution in [0.4, 0.5) is 4.79 Å². The Balaban J connectivity index is 0.000000163. The molecule has 2 N–H and O–H groups in total. The molecule has 19 heavy (non-hydrogen) atoms. The zero-order valence-electron chi connectivity index (χ0n) is 10.0. The molecule has 2 unspecified atom stereocenters. The number of hydrogen-bond donors (Lipinski definition) is 2. The number of carbonyl (C=O) groups is 2. The van der Waals surface area contributed by atoms with E-state index in [2.05, 4.69) is 5.32 Å². The van der Waals surface area contributed by atoms with Crippen molar-refractivity contribution in [1.29, 1.82) is 0 Å². The molecule has 3 aliphatic rings. The van der Waals surface area contributed by atoms with E-state index < -0.39 is 14.3 Å². The number of amides is 3. The number of rotatable bonds is 6. The van der Waals surface area contributed by atoms with Crippen molar-refractivity contribution in [3.8, 4) is 0 Å². The molecule has 9 nitrogen and oxygen atoms in total. The second-order valence-corrected chi connectivity index (χ2v) is 5.09. The maximum absolute atomic E-state index is 10.9. The number of hydrogen-bond acceptors (Lipinski definition) is 7. The third-order valence-corrected chi connectivity index (χ3v) is 3.05. The lowest BCUT2D eigenvalue weighted by molar-refractivity contribution is -0.117. The lowest BCUT2D eigenvalue weighted by Gasteiger charge is -2.01. The number of urea groups is 1. The highest BCUT2D eigenvalue weighted by molar-refractivity contribution is 7.33. The molecule has 3 aliphatic heterocycles. The highest BCUT2D eigenvalue weighted by atomic mass is 31.1. The van der Waals surface area contributed by atoms with Gasteiger partial charge in [-0.3, -0.25) is 14.7 Å². The van der Waals surface area contributed by atoms with Crippen molar-refractivity contribution in [2.24, 2.45) is 0 Å². The number of imide groups is 1. The molecule has 3 rings (SSSR count). The Morgan fingerprint density at radius 3 is 1.95 bits per heavy atom. The molecule has 0 saturated carbocycles. The van der Waals surface area contributed by atoms with Crippen LogP contribution in [0.5, 0.6) is 0 Å². The van der Waals surface area contributed by atoms with Gasteiger partial charge in [-0.2, -0.15) is 0 Å². The third-order valence-electron chi connectivity index (χ3n) is 2.24. The highest BCUT2D eigenvalue weighted by Gasteiger charge is 2.25. The number of carbonyl (C=O) groups excluding carboxylic acids is 2. The molecule has 108 valence electrons. The van der Waals surface area contributed by atoms with Crippen LogP contribution >= 0.6 is 8.25 Å². The van der Waals surface area contributed by atoms with Crippen molar-refractivity contribution in [3.05, 3.63) is 0 Å². The van der Waals surface area contributed by atoms with Crippen LogP contribution in [0.2, 0.25) is 0 Å². The molecular formula is C9H15N2O7P. The fourth-order valence-electron chi connectivity index (χ4n) is 1.07. The molecule has 3 saturated heterocycles. The highest BCUT2D eigenvalue weighted by Crippen LogP contribution is 2.27. The van der Waals surface area contributed by atoms with E-state index >= 15 is 0 Å². The minimum absolute atomic E-state index is 0.124. The van der Waals surface area contributed by atoms with E-state index in [4.69, 9.17) is 18.5 Å². The van der Waals surface area contributed by atoms with Crippen LogP contribution < -0.4 is 10.6 Å². The van der Waals surface area contributed by atoms with E-state index in [0.717, 1.165) is 0 Å². The van der Waals surface area contributed by atoms with Crippen LogP contribution in [0.3, 0.4) is 0 Å². The van der Waals surface area contributed by atoms with Crippen molar-refractivity contribution >= 4 is 20.2 Å². The van der Waals surface area contributed by atoms with E-state index in [-0.39, 0.29) is 24.7 Å². The normalized spacial score (nSPS) is 28.8. The van der Waals surface area contributed by atoms with Gasteiger partial charge in [-0.25, -0.2) is 4.79 Å². The minimum atomic E-state index is -2.31. The van der Waals surface area contributed by atoms with Crippen molar-refractivity contribution < 1.29 is 32.7 Å². The first-order chi connectivity index (χ1) is 9.13. The summed E-state index contributed by atoms with van der Waals surface area (Å²) in [6.07, 6.45) is 0.277. The molecule has 3 heterocycles. The van der Waals surface area contributed by atoms with Crippen LogP contribution in [0, 0.1) is 0 Å². The average molecular weight is 294 g/mol. The van der Waals surface area contributed by atoms with Gasteiger partial charge in [-0.05, 0) is 0 Å². The lowest BCUT2D eigenvalue weighted by Crippen LogP contribution is -2.22. The summed E-state index contributed by atoms with van der Waals surface area (Å²) in [6.45, 7) is 2.30. The maximum Gasteiger partial charge on any atom is 0.321 e. The molecular weight excluding hydrogens is 279 g/mol. The quantitative estimate of drug-likeness (QED) is 0.367. The molecule has 0 aromatic carbocycles. The second kappa shape index (κ2) is 6.97. The van der Waals surface area contributed by atoms with Gasteiger partial charge >= 0.3 is 14.3 Å². The number of epoxide rings is 2. The van der Waals surface area contributed by atoms with Crippen LogP contribution in [-0.4, -0.2) is 57.1 Å². The molecule has 0 spiro atoms. The summed E-state index contributed by atoms with van der Waals surface area (Å²) >= 11 is 0. The fourth-order valence-corrected chi connectivity index (χ4v) is 1.80. The monoisotopic (exact) mass is 294 g/mol. The minimum Gasteiger partial charge on any atom is -0.371 e. The van der Waals surface area contributed by atoms with Crippen molar-refractivity contribution in [2.45, 2.75) is 12.2 Å². The summed E-state index contributed by atoms with van der Waals surface area (Å²) in [5.74, 6) is -0.259. The average Bonchev–Trinajstić information content (AvgIpc) is 3.27. The Bertz CT molecular complexity index is 338. The predicted octanol–water partition coefficient (Wildman–Crippen LogP) is -0.967. The first-order valence-corrected chi connectivity index (χ1v) is 6.96. The Morgan fingerprint density at radius 1 is 1.16 bits per heavy atom. The van der Waals surface area contributed by atoms with E-state index in [0.29, 0.717) is 26.4 Å². The molecule has 2 atom stereocenters. The van der Waals surface area contributed by atoms with E-state index in [1.54, 1.807) is 0 Å². The summed E-state index contributed by atoms with van der Waals surface area (Å²) < 4.78 is 30.5. The summed E-state index contributed by atoms with van der Waals surface area (Å²) in [5, 5.41) is 4.30. The van der Waals surface area contributed by atoms with Gasteiger partial charge in [0, 0.05) is 0 Å². The van der Waals surface area contributed by atoms with Crippen LogP contribution in [0.15, 0.2) is 0 Å². The Labute approximate surface area is 109 Å². The van der Waals surface area contributed by atoms with E-state index in [1.807, 2.05) is 5.32 Å². The zero-order valence-corrected chi connectivity index (χ0v) is 11.0. The van der Waals surface area contributed by atoms with Crippen LogP contribution in [0.1, 0.15) is 0 Å². The molecule has 3 fully saturated rings. The SMILES string of the molecule is O=C1CNC(=O)N1.O=[PH](OCC1CO1)OCC1CO1. The fraction of sp³-hybridized carbons (Fsp3) is 0.778. The Hall–Kier alpha value is -0.990. The van der Waals surface area contributed by atoms with Gasteiger partial charge in [-0.15, -0.1) is 0 Å². The van der Waals surface area contributed by atoms with Gasteiger partial charge in [0.15, 0.2) is 0 Å². The van der Waals surface area contributed by atoms with Gasteiger partial charge in [0.25, 0.3) is 0 Å². The standard InChI is InChI=1S/C6H11O5P.C3H4N2O2/c7-12(10-3-5-1-8-5)11-4-6-2-9-6;6-2-1-4-3(7)5-2/h5-6,12H,1-4H2;1H2,(H2,4,5,6,7). The summed E-state index contributed by atoms with van der Waals surface area (Å²) in [6, 6.07) is -0.398. The van der Waals surface area contributed by atoms with E-state index in [1.165, 1.54) is 0 Å². The van der Waals surface area contributed by atoms with Crippen molar-refractivity contribution in [2.75, 3.05) is 33.0 Å². The largest absolute Gasteiger partial charge is 0.371 e. The topological polar surface area (TPSA) is 119 Å². The van der Waals surface area contributed by atoms with Gasteiger partial charge in [-0.1, -0.05) is 0 Å². The first-order valence-electron chi connectivity index (χ1n) is 5.74. The van der Waals surface area contributed by atoms with Gasteiger partial charge < -0.3 is 23.8 Å². The summed E-state index contributed by atoms with van der Waals surface area (Å²) in [7, 11) is -2.31. The van der Waals surface area contributed by atoms with Crippen molar-refractivity contribution in [1.82, 2.24) is 10.6 Å². The van der Waals surface area contributed by atoms with Crippen LogP contribution in [-0.2, 0) is 27.9 Å². The number of nitrogens with one attached hydrogen (secondary N) is 2. The number of ether oxygens (including phenoxy) is 2.